The minimum atomic E-state index is -0.937. The van der Waals surface area contributed by atoms with E-state index in [-0.39, 0.29) is 5.52 Å². The van der Waals surface area contributed by atoms with Gasteiger partial charge in [0.15, 0.2) is 11.3 Å². The first-order chi connectivity index (χ1) is 7.46. The van der Waals surface area contributed by atoms with E-state index < -0.39 is 11.4 Å². The van der Waals surface area contributed by atoms with Crippen LogP contribution >= 0.6 is 0 Å². The van der Waals surface area contributed by atoms with Crippen molar-refractivity contribution < 1.29 is 14.1 Å². The Hall–Kier alpha value is -1.75. The predicted molar refractivity (Wildman–Crippen MR) is 57.1 cm³/mol. The van der Waals surface area contributed by atoms with E-state index in [2.05, 4.69) is 14.9 Å². The molecule has 0 fully saturated rings. The number of fused-ring (bicyclic) bond motifs is 1. The molecule has 16 heavy (non-hydrogen) atoms. The number of benzene rings is 1. The fourth-order valence-corrected chi connectivity index (χ4v) is 1.27. The lowest BCUT2D eigenvalue weighted by Crippen LogP contribution is -2.13. The van der Waals surface area contributed by atoms with Crippen LogP contribution in [0.15, 0.2) is 22.8 Å². The third-order valence-corrected chi connectivity index (χ3v) is 2.02. The first kappa shape index (κ1) is 10.8. The molecule has 0 aliphatic carbocycles. The Kier molecular flexibility index (Phi) is 2.47. The Balaban J connectivity index is 2.43. The highest BCUT2D eigenvalue weighted by Gasteiger charge is 2.09. The van der Waals surface area contributed by atoms with E-state index in [0.29, 0.717) is 11.1 Å². The molecule has 84 valence electrons. The monoisotopic (exact) mass is 222 g/mol. The number of hydrogen-bond donors (Lipinski definition) is 1. The topological polar surface area (TPSA) is 59.2 Å². The lowest BCUT2D eigenvalue weighted by Gasteiger charge is -2.09. The van der Waals surface area contributed by atoms with E-state index in [1.807, 2.05) is 0 Å². The molecule has 5 heteroatoms. The standard InChI is InChI=1S/C11H11FN2O2/c1-11(2,15)4-3-7-5-8(12)10-9(6-7)13-16-14-10/h3-6,15H,1-2H3/b4-3+. The average Bonchev–Trinajstić information content (AvgIpc) is 2.62. The van der Waals surface area contributed by atoms with Crippen LogP contribution in [0.3, 0.4) is 0 Å². The molecule has 4 nitrogen and oxygen atoms in total. The smallest absolute Gasteiger partial charge is 0.170 e. The van der Waals surface area contributed by atoms with Crippen LogP contribution in [0.1, 0.15) is 19.4 Å². The van der Waals surface area contributed by atoms with Gasteiger partial charge in [-0.2, -0.15) is 0 Å². The van der Waals surface area contributed by atoms with Crippen molar-refractivity contribution in [3.05, 3.63) is 29.6 Å². The maximum Gasteiger partial charge on any atom is 0.170 e. The third kappa shape index (κ3) is 2.25. The van der Waals surface area contributed by atoms with Gasteiger partial charge in [-0.1, -0.05) is 12.2 Å². The summed E-state index contributed by atoms with van der Waals surface area (Å²) >= 11 is 0. The first-order valence-electron chi connectivity index (χ1n) is 4.79. The van der Waals surface area contributed by atoms with Crippen LogP contribution < -0.4 is 0 Å². The van der Waals surface area contributed by atoms with Gasteiger partial charge in [0.1, 0.15) is 5.52 Å². The van der Waals surface area contributed by atoms with Crippen LogP contribution in [0.4, 0.5) is 4.39 Å². The van der Waals surface area contributed by atoms with E-state index in [9.17, 15) is 9.50 Å². The number of aromatic nitrogens is 2. The normalized spacial score (nSPS) is 12.8. The molecule has 0 saturated carbocycles. The molecule has 1 aromatic heterocycles. The fourth-order valence-electron chi connectivity index (χ4n) is 1.27. The molecule has 0 saturated heterocycles. The molecule has 1 N–H and O–H groups in total. The van der Waals surface area contributed by atoms with Crippen molar-refractivity contribution in [3.63, 3.8) is 0 Å². The summed E-state index contributed by atoms with van der Waals surface area (Å²) in [4.78, 5) is 0. The highest BCUT2D eigenvalue weighted by atomic mass is 19.1. The Morgan fingerprint density at radius 3 is 2.81 bits per heavy atom. The van der Waals surface area contributed by atoms with Crippen LogP contribution in [-0.2, 0) is 0 Å². The summed E-state index contributed by atoms with van der Waals surface area (Å²) in [5.74, 6) is -0.492. The zero-order chi connectivity index (χ0) is 11.8. The second-order valence-electron chi connectivity index (χ2n) is 4.12. The van der Waals surface area contributed by atoms with Gasteiger partial charge in [0.25, 0.3) is 0 Å². The van der Waals surface area contributed by atoms with Gasteiger partial charge < -0.3 is 5.11 Å². The van der Waals surface area contributed by atoms with Gasteiger partial charge >= 0.3 is 0 Å². The number of nitrogens with zero attached hydrogens (tertiary/aromatic N) is 2. The molecule has 0 spiro atoms. The Morgan fingerprint density at radius 2 is 2.12 bits per heavy atom. The van der Waals surface area contributed by atoms with Crippen molar-refractivity contribution in [2.24, 2.45) is 0 Å². The van der Waals surface area contributed by atoms with Crippen molar-refractivity contribution in [2.45, 2.75) is 19.4 Å². The summed E-state index contributed by atoms with van der Waals surface area (Å²) in [6.45, 7) is 3.27. The molecule has 2 rings (SSSR count). The summed E-state index contributed by atoms with van der Waals surface area (Å²) in [7, 11) is 0. The van der Waals surface area contributed by atoms with Gasteiger partial charge in [-0.3, -0.25) is 0 Å². The quantitative estimate of drug-likeness (QED) is 0.845. The zero-order valence-corrected chi connectivity index (χ0v) is 8.94. The largest absolute Gasteiger partial charge is 0.386 e. The molecule has 0 aliphatic heterocycles. The van der Waals surface area contributed by atoms with Gasteiger partial charge in [-0.15, -0.1) is 0 Å². The summed E-state index contributed by atoms with van der Waals surface area (Å²) in [6.07, 6.45) is 3.19. The first-order valence-corrected chi connectivity index (χ1v) is 4.79. The molecule has 0 bridgehead atoms. The second-order valence-corrected chi connectivity index (χ2v) is 4.12. The average molecular weight is 222 g/mol. The summed E-state index contributed by atoms with van der Waals surface area (Å²) in [5.41, 5.74) is 0.131. The third-order valence-electron chi connectivity index (χ3n) is 2.02. The molecular formula is C11H11FN2O2. The van der Waals surface area contributed by atoms with Crippen LogP contribution in [-0.4, -0.2) is 21.0 Å². The summed E-state index contributed by atoms with van der Waals surface area (Å²) in [5, 5.41) is 16.5. The Morgan fingerprint density at radius 1 is 1.38 bits per heavy atom. The lowest BCUT2D eigenvalue weighted by atomic mass is 10.1. The Labute approximate surface area is 91.3 Å². The highest BCUT2D eigenvalue weighted by molar-refractivity contribution is 5.77. The SMILES string of the molecule is CC(C)(O)/C=C/c1cc(F)c2nonc2c1. The van der Waals surface area contributed by atoms with Crippen LogP contribution in [0, 0.1) is 5.82 Å². The van der Waals surface area contributed by atoms with Gasteiger partial charge in [-0.25, -0.2) is 9.02 Å². The molecule has 1 heterocycles. The molecule has 0 amide bonds. The predicted octanol–water partition coefficient (Wildman–Crippen LogP) is 2.15. The molecule has 0 radical (unpaired) electrons. The molecule has 1 aromatic carbocycles. The van der Waals surface area contributed by atoms with E-state index in [4.69, 9.17) is 0 Å². The summed E-state index contributed by atoms with van der Waals surface area (Å²) < 4.78 is 17.9. The Bertz CT molecular complexity index is 540. The van der Waals surface area contributed by atoms with Crippen LogP contribution in [0.25, 0.3) is 17.1 Å². The maximum atomic E-state index is 13.4. The van der Waals surface area contributed by atoms with Crippen LogP contribution in [0.2, 0.25) is 0 Å². The number of rotatable bonds is 2. The van der Waals surface area contributed by atoms with Crippen LogP contribution in [0.5, 0.6) is 0 Å². The van der Waals surface area contributed by atoms with Gasteiger partial charge in [0.2, 0.25) is 0 Å². The maximum absolute atomic E-state index is 13.4. The van der Waals surface area contributed by atoms with E-state index >= 15 is 0 Å². The van der Waals surface area contributed by atoms with Crippen molar-refractivity contribution in [3.8, 4) is 0 Å². The van der Waals surface area contributed by atoms with Crippen molar-refractivity contribution in [1.29, 1.82) is 0 Å². The molecule has 2 aromatic rings. The van der Waals surface area contributed by atoms with Gasteiger partial charge in [0, 0.05) is 0 Å². The van der Waals surface area contributed by atoms with Crippen molar-refractivity contribution >= 4 is 17.1 Å². The number of hydrogen-bond acceptors (Lipinski definition) is 4. The van der Waals surface area contributed by atoms with E-state index in [0.717, 1.165) is 0 Å². The fraction of sp³-hybridized carbons (Fsp3) is 0.273. The minimum absolute atomic E-state index is 0.111. The van der Waals surface area contributed by atoms with E-state index in [1.165, 1.54) is 6.07 Å². The number of aliphatic hydroxyl groups is 1. The van der Waals surface area contributed by atoms with Crippen molar-refractivity contribution in [2.75, 3.05) is 0 Å². The molecule has 0 atom stereocenters. The van der Waals surface area contributed by atoms with Gasteiger partial charge in [0.05, 0.1) is 5.60 Å². The highest BCUT2D eigenvalue weighted by Crippen LogP contribution is 2.18. The minimum Gasteiger partial charge on any atom is -0.386 e. The molecule has 0 aliphatic rings. The number of halogens is 1. The van der Waals surface area contributed by atoms with Crippen molar-refractivity contribution in [1.82, 2.24) is 10.3 Å². The molecule has 0 unspecified atom stereocenters. The zero-order valence-electron chi connectivity index (χ0n) is 8.94. The van der Waals surface area contributed by atoms with E-state index in [1.54, 1.807) is 32.1 Å². The lowest BCUT2D eigenvalue weighted by molar-refractivity contribution is 0.134. The molecular weight excluding hydrogens is 211 g/mol. The second kappa shape index (κ2) is 3.68. The summed E-state index contributed by atoms with van der Waals surface area (Å²) in [6, 6.07) is 2.95. The van der Waals surface area contributed by atoms with Gasteiger partial charge in [-0.05, 0) is 41.9 Å².